The van der Waals surface area contributed by atoms with Crippen molar-refractivity contribution in [3.05, 3.63) is 10.4 Å². The van der Waals surface area contributed by atoms with Crippen LogP contribution in [0.4, 0.5) is 0 Å². The molecule has 0 N–H and O–H groups in total. The van der Waals surface area contributed by atoms with Crippen molar-refractivity contribution in [2.45, 2.75) is 23.2 Å². The molecule has 1 unspecified atom stereocenters. The fraction of sp³-hybridized carbons (Fsp3) is 0.714. The van der Waals surface area contributed by atoms with Crippen LogP contribution in [0, 0.1) is 0 Å². The Morgan fingerprint density at radius 1 is 1.80 bits per heavy atom. The summed E-state index contributed by atoms with van der Waals surface area (Å²) in [6.07, 6.45) is 1.32. The van der Waals surface area contributed by atoms with Gasteiger partial charge in [-0.25, -0.2) is 0 Å². The number of thioether (sulfide) groups is 2. The van der Waals surface area contributed by atoms with Crippen LogP contribution in [-0.2, 0) is 0 Å². The second kappa shape index (κ2) is 5.59. The molecule has 1 atom stereocenters. The molecule has 1 heterocycles. The summed E-state index contributed by atoms with van der Waals surface area (Å²) in [4.78, 5) is 2.33. The molecule has 0 amide bonds. The predicted octanol–water partition coefficient (Wildman–Crippen LogP) is 2.80. The summed E-state index contributed by atoms with van der Waals surface area (Å²) in [5.74, 6) is 1.33. The summed E-state index contributed by atoms with van der Waals surface area (Å²) < 4.78 is 0.880. The minimum absolute atomic E-state index is 0.802. The van der Waals surface area contributed by atoms with Crippen LogP contribution in [0.15, 0.2) is 10.4 Å². The van der Waals surface area contributed by atoms with E-state index in [0.29, 0.717) is 0 Å². The van der Waals surface area contributed by atoms with Gasteiger partial charge in [0.1, 0.15) is 0 Å². The molecule has 0 aromatic heterocycles. The zero-order valence-electron chi connectivity index (χ0n) is 6.08. The van der Waals surface area contributed by atoms with Gasteiger partial charge in [0, 0.05) is 0 Å². The van der Waals surface area contributed by atoms with Gasteiger partial charge in [-0.1, -0.05) is 0 Å². The second-order valence-electron chi connectivity index (χ2n) is 2.04. The molecular weight excluding hydrogens is 227 g/mol. The Kier molecular flexibility index (Phi) is 5.06. The maximum atomic E-state index is 2.33. The third-order valence-corrected chi connectivity index (χ3v) is 6.94. The number of hydrogen-bond acceptors (Lipinski definition) is 2. The molecule has 0 aromatic carbocycles. The minimum atomic E-state index is 0.802. The van der Waals surface area contributed by atoms with Gasteiger partial charge in [0.2, 0.25) is 0 Å². The molecular formula is C7H12S2Se. The van der Waals surface area contributed by atoms with Gasteiger partial charge < -0.3 is 0 Å². The average Bonchev–Trinajstić information content (AvgIpc) is 2.03. The second-order valence-corrected chi connectivity index (χ2v) is 6.73. The van der Waals surface area contributed by atoms with Crippen LogP contribution in [0.25, 0.3) is 0 Å². The fourth-order valence-electron chi connectivity index (χ4n) is 0.669. The van der Waals surface area contributed by atoms with Gasteiger partial charge in [-0.05, 0) is 0 Å². The van der Waals surface area contributed by atoms with Crippen LogP contribution >= 0.6 is 23.5 Å². The van der Waals surface area contributed by atoms with Crippen LogP contribution in [0.5, 0.6) is 0 Å². The normalized spacial score (nSPS) is 25.1. The first-order valence-corrected chi connectivity index (χ1v) is 7.66. The van der Waals surface area contributed by atoms with Crippen molar-refractivity contribution in [1.82, 2.24) is 0 Å². The third kappa shape index (κ3) is 3.38. The molecule has 10 heavy (non-hydrogen) atoms. The molecule has 0 saturated carbocycles. The van der Waals surface area contributed by atoms with E-state index in [1.54, 1.807) is 0 Å². The van der Waals surface area contributed by atoms with E-state index in [2.05, 4.69) is 29.1 Å². The summed E-state index contributed by atoms with van der Waals surface area (Å²) >= 11 is 4.93. The molecule has 1 aliphatic heterocycles. The molecule has 0 saturated heterocycles. The Bertz CT molecular complexity index is 114. The van der Waals surface area contributed by atoms with E-state index < -0.39 is 0 Å². The van der Waals surface area contributed by atoms with Gasteiger partial charge in [0.15, 0.2) is 0 Å². The average molecular weight is 239 g/mol. The Hall–Kier alpha value is 0.959. The predicted molar refractivity (Wildman–Crippen MR) is 53.8 cm³/mol. The summed E-state index contributed by atoms with van der Waals surface area (Å²) in [5.41, 5.74) is 0. The summed E-state index contributed by atoms with van der Waals surface area (Å²) in [7, 11) is 0. The topological polar surface area (TPSA) is 0 Å². The fourth-order valence-corrected chi connectivity index (χ4v) is 5.83. The Morgan fingerprint density at radius 3 is 3.30 bits per heavy atom. The molecule has 58 valence electrons. The quantitative estimate of drug-likeness (QED) is 0.695. The number of hydrogen-bond donors (Lipinski definition) is 0. The van der Waals surface area contributed by atoms with Gasteiger partial charge in [0.05, 0.1) is 0 Å². The molecule has 0 aromatic rings. The van der Waals surface area contributed by atoms with Crippen molar-refractivity contribution >= 4 is 38.5 Å². The van der Waals surface area contributed by atoms with Crippen molar-refractivity contribution < 1.29 is 0 Å². The molecule has 3 heteroatoms. The standard InChI is InChI=1S/C7H12S2Se/c1-2-3-8-7-6-10-5-4-9-7/h4-5,7H,2-3,6H2,1H3. The molecule has 0 nitrogen and oxygen atoms in total. The molecule has 0 radical (unpaired) electrons. The SMILES string of the molecule is CCCSC1C[Se]C=CS1. The first kappa shape index (κ1) is 9.05. The van der Waals surface area contributed by atoms with Gasteiger partial charge in [0.25, 0.3) is 0 Å². The molecule has 0 fully saturated rings. The Balaban J connectivity index is 2.10. The van der Waals surface area contributed by atoms with Gasteiger partial charge in [-0.2, -0.15) is 0 Å². The van der Waals surface area contributed by atoms with Crippen molar-refractivity contribution in [3.63, 3.8) is 0 Å². The zero-order valence-corrected chi connectivity index (χ0v) is 9.42. The Morgan fingerprint density at radius 2 is 2.70 bits per heavy atom. The van der Waals surface area contributed by atoms with Crippen LogP contribution in [0.2, 0.25) is 5.32 Å². The van der Waals surface area contributed by atoms with E-state index in [4.69, 9.17) is 0 Å². The van der Waals surface area contributed by atoms with E-state index in [1.165, 1.54) is 17.5 Å². The van der Waals surface area contributed by atoms with Crippen LogP contribution in [0.3, 0.4) is 0 Å². The molecule has 0 spiro atoms. The van der Waals surface area contributed by atoms with Crippen LogP contribution < -0.4 is 0 Å². The molecule has 0 aliphatic carbocycles. The summed E-state index contributed by atoms with van der Waals surface area (Å²) in [6.45, 7) is 2.25. The van der Waals surface area contributed by atoms with Crippen molar-refractivity contribution in [1.29, 1.82) is 0 Å². The van der Waals surface area contributed by atoms with E-state index in [9.17, 15) is 0 Å². The Labute approximate surface area is 77.8 Å². The summed E-state index contributed by atoms with van der Waals surface area (Å²) in [5, 5.41) is 3.70. The molecule has 0 bridgehead atoms. The monoisotopic (exact) mass is 240 g/mol. The number of rotatable bonds is 3. The first-order valence-electron chi connectivity index (χ1n) is 3.47. The van der Waals surface area contributed by atoms with Crippen molar-refractivity contribution in [3.8, 4) is 0 Å². The van der Waals surface area contributed by atoms with Crippen molar-refractivity contribution in [2.24, 2.45) is 0 Å². The van der Waals surface area contributed by atoms with Crippen molar-refractivity contribution in [2.75, 3.05) is 5.75 Å². The van der Waals surface area contributed by atoms with E-state index in [1.807, 2.05) is 11.8 Å². The van der Waals surface area contributed by atoms with E-state index in [0.717, 1.165) is 19.5 Å². The maximum absolute atomic E-state index is 2.33. The molecule has 1 rings (SSSR count). The van der Waals surface area contributed by atoms with Crippen LogP contribution in [0.1, 0.15) is 13.3 Å². The van der Waals surface area contributed by atoms with Gasteiger partial charge >= 0.3 is 77.9 Å². The van der Waals surface area contributed by atoms with E-state index in [-0.39, 0.29) is 0 Å². The third-order valence-electron chi connectivity index (χ3n) is 1.12. The zero-order chi connectivity index (χ0) is 7.23. The first-order chi connectivity index (χ1) is 4.93. The summed E-state index contributed by atoms with van der Waals surface area (Å²) in [6, 6.07) is 0. The molecule has 1 aliphatic rings. The van der Waals surface area contributed by atoms with E-state index >= 15 is 0 Å². The van der Waals surface area contributed by atoms with Crippen LogP contribution in [-0.4, -0.2) is 25.3 Å². The van der Waals surface area contributed by atoms with Gasteiger partial charge in [-0.15, -0.1) is 0 Å². The van der Waals surface area contributed by atoms with Gasteiger partial charge in [-0.3, -0.25) is 0 Å².